The Kier molecular flexibility index (Phi) is 5.83. The maximum atomic E-state index is 3.72. The van der Waals surface area contributed by atoms with Crippen LogP contribution in [0.5, 0.6) is 0 Å². The van der Waals surface area contributed by atoms with E-state index in [0.717, 1.165) is 12.5 Å². The van der Waals surface area contributed by atoms with E-state index in [1.54, 1.807) is 0 Å². The van der Waals surface area contributed by atoms with Gasteiger partial charge in [0.2, 0.25) is 0 Å². The van der Waals surface area contributed by atoms with Gasteiger partial charge in [-0.2, -0.15) is 0 Å². The lowest BCUT2D eigenvalue weighted by atomic mass is 9.99. The molecule has 2 atom stereocenters. The van der Waals surface area contributed by atoms with Gasteiger partial charge in [0.05, 0.1) is 0 Å². The second-order valence-electron chi connectivity index (χ2n) is 7.19. The van der Waals surface area contributed by atoms with Gasteiger partial charge in [-0.15, -0.1) is 0 Å². The van der Waals surface area contributed by atoms with Crippen LogP contribution in [0.2, 0.25) is 0 Å². The van der Waals surface area contributed by atoms with Crippen molar-refractivity contribution < 1.29 is 0 Å². The molecule has 1 fully saturated rings. The van der Waals surface area contributed by atoms with E-state index < -0.39 is 0 Å². The van der Waals surface area contributed by atoms with Crippen LogP contribution in [0.1, 0.15) is 64.1 Å². The number of likely N-dealkylation sites (tertiary alicyclic amines) is 1. The van der Waals surface area contributed by atoms with Crippen LogP contribution in [0.4, 0.5) is 0 Å². The first-order valence-electron chi connectivity index (χ1n) is 8.54. The molecule has 0 amide bonds. The van der Waals surface area contributed by atoms with E-state index in [0.29, 0.717) is 18.0 Å². The number of rotatable bonds is 6. The molecule has 0 aromatic heterocycles. The molecule has 0 saturated carbocycles. The summed E-state index contributed by atoms with van der Waals surface area (Å²) < 4.78 is 0. The minimum absolute atomic E-state index is 0.444. The van der Waals surface area contributed by atoms with E-state index in [4.69, 9.17) is 0 Å². The third kappa shape index (κ3) is 4.55. The highest BCUT2D eigenvalue weighted by Crippen LogP contribution is 2.21. The highest BCUT2D eigenvalue weighted by atomic mass is 15.2. The van der Waals surface area contributed by atoms with Crippen LogP contribution in [0.3, 0.4) is 0 Å². The third-order valence-electron chi connectivity index (χ3n) is 4.86. The summed E-state index contributed by atoms with van der Waals surface area (Å²) in [7, 11) is 0. The topological polar surface area (TPSA) is 15.3 Å². The standard InChI is InChI=1S/C19H32N2/c1-14(2)18-6-8-19(9-7-18)16(5)20-12-17-10-11-21(13-17)15(3)4/h6-9,14-17,20H,10-13H2,1-5H3. The van der Waals surface area contributed by atoms with Crippen molar-refractivity contribution in [1.29, 1.82) is 0 Å². The van der Waals surface area contributed by atoms with Gasteiger partial charge in [-0.1, -0.05) is 38.1 Å². The Balaban J connectivity index is 1.80. The molecule has 1 aliphatic heterocycles. The molecule has 1 heterocycles. The van der Waals surface area contributed by atoms with Crippen LogP contribution >= 0.6 is 0 Å². The maximum absolute atomic E-state index is 3.72. The van der Waals surface area contributed by atoms with Crippen LogP contribution in [-0.4, -0.2) is 30.6 Å². The van der Waals surface area contributed by atoms with Gasteiger partial charge in [0.15, 0.2) is 0 Å². The molecule has 2 nitrogen and oxygen atoms in total. The number of hydrogen-bond donors (Lipinski definition) is 1. The number of nitrogens with one attached hydrogen (secondary N) is 1. The fourth-order valence-corrected chi connectivity index (χ4v) is 3.13. The van der Waals surface area contributed by atoms with Crippen molar-refractivity contribution in [1.82, 2.24) is 10.2 Å². The molecule has 0 bridgehead atoms. The summed E-state index contributed by atoms with van der Waals surface area (Å²) in [6, 6.07) is 10.2. The zero-order valence-corrected chi connectivity index (χ0v) is 14.4. The van der Waals surface area contributed by atoms with Crippen molar-refractivity contribution in [2.24, 2.45) is 5.92 Å². The molecule has 1 N–H and O–H groups in total. The first kappa shape index (κ1) is 16.5. The molecule has 2 unspecified atom stereocenters. The quantitative estimate of drug-likeness (QED) is 0.844. The zero-order valence-electron chi connectivity index (χ0n) is 14.4. The molecular weight excluding hydrogens is 256 g/mol. The smallest absolute Gasteiger partial charge is 0.0291 e. The van der Waals surface area contributed by atoms with Gasteiger partial charge in [-0.05, 0) is 63.2 Å². The first-order chi connectivity index (χ1) is 9.97. The first-order valence-corrected chi connectivity index (χ1v) is 8.54. The Morgan fingerprint density at radius 3 is 2.19 bits per heavy atom. The SMILES string of the molecule is CC(C)c1ccc(C(C)NCC2CCN(C(C)C)C2)cc1. The van der Waals surface area contributed by atoms with Crippen LogP contribution in [-0.2, 0) is 0 Å². The van der Waals surface area contributed by atoms with E-state index in [2.05, 4.69) is 69.1 Å². The Morgan fingerprint density at radius 1 is 1.05 bits per heavy atom. The van der Waals surface area contributed by atoms with Gasteiger partial charge in [0.25, 0.3) is 0 Å². The maximum Gasteiger partial charge on any atom is 0.0291 e. The highest BCUT2D eigenvalue weighted by molar-refractivity contribution is 5.26. The van der Waals surface area contributed by atoms with Crippen LogP contribution in [0.25, 0.3) is 0 Å². The summed E-state index contributed by atoms with van der Waals surface area (Å²) >= 11 is 0. The average Bonchev–Trinajstić information content (AvgIpc) is 2.94. The lowest BCUT2D eigenvalue weighted by molar-refractivity contribution is 0.263. The van der Waals surface area contributed by atoms with Crippen molar-refractivity contribution in [3.05, 3.63) is 35.4 Å². The van der Waals surface area contributed by atoms with E-state index in [1.807, 2.05) is 0 Å². The van der Waals surface area contributed by atoms with Crippen LogP contribution < -0.4 is 5.32 Å². The van der Waals surface area contributed by atoms with E-state index in [1.165, 1.54) is 30.6 Å². The van der Waals surface area contributed by atoms with Crippen LogP contribution in [0.15, 0.2) is 24.3 Å². The molecule has 2 rings (SSSR count). The molecule has 1 aromatic carbocycles. The Morgan fingerprint density at radius 2 is 1.67 bits per heavy atom. The molecule has 2 heteroatoms. The molecule has 1 saturated heterocycles. The molecule has 0 radical (unpaired) electrons. The highest BCUT2D eigenvalue weighted by Gasteiger charge is 2.24. The van der Waals surface area contributed by atoms with Gasteiger partial charge in [0, 0.05) is 18.6 Å². The summed E-state index contributed by atoms with van der Waals surface area (Å²) in [4.78, 5) is 2.59. The van der Waals surface area contributed by atoms with Crippen molar-refractivity contribution in [3.63, 3.8) is 0 Å². The van der Waals surface area contributed by atoms with Crippen molar-refractivity contribution in [2.45, 2.75) is 59.0 Å². The van der Waals surface area contributed by atoms with Gasteiger partial charge in [-0.3, -0.25) is 0 Å². The Bertz CT molecular complexity index is 422. The van der Waals surface area contributed by atoms with Gasteiger partial charge >= 0.3 is 0 Å². The van der Waals surface area contributed by atoms with E-state index >= 15 is 0 Å². The molecule has 1 aliphatic rings. The average molecular weight is 288 g/mol. The Hall–Kier alpha value is -0.860. The summed E-state index contributed by atoms with van der Waals surface area (Å²) in [5.41, 5.74) is 2.83. The predicted octanol–water partition coefficient (Wildman–Crippen LogP) is 4.19. The monoisotopic (exact) mass is 288 g/mol. The normalized spacial score (nSPS) is 21.4. The lowest BCUT2D eigenvalue weighted by Gasteiger charge is -2.21. The summed E-state index contributed by atoms with van der Waals surface area (Å²) in [6.45, 7) is 15.0. The minimum Gasteiger partial charge on any atom is -0.310 e. The van der Waals surface area contributed by atoms with Crippen molar-refractivity contribution in [3.8, 4) is 0 Å². The van der Waals surface area contributed by atoms with Gasteiger partial charge in [0.1, 0.15) is 0 Å². The van der Waals surface area contributed by atoms with E-state index in [9.17, 15) is 0 Å². The summed E-state index contributed by atoms with van der Waals surface area (Å²) in [5, 5.41) is 3.72. The Labute approximate surface area is 130 Å². The van der Waals surface area contributed by atoms with Crippen molar-refractivity contribution in [2.75, 3.05) is 19.6 Å². The molecule has 1 aromatic rings. The molecule has 21 heavy (non-hydrogen) atoms. The molecule has 0 spiro atoms. The molecule has 0 aliphatic carbocycles. The minimum atomic E-state index is 0.444. The fourth-order valence-electron chi connectivity index (χ4n) is 3.13. The van der Waals surface area contributed by atoms with Crippen LogP contribution in [0, 0.1) is 5.92 Å². The number of nitrogens with zero attached hydrogens (tertiary/aromatic N) is 1. The van der Waals surface area contributed by atoms with E-state index in [-0.39, 0.29) is 0 Å². The summed E-state index contributed by atoms with van der Waals surface area (Å²) in [6.07, 6.45) is 1.34. The number of benzene rings is 1. The lowest BCUT2D eigenvalue weighted by Crippen LogP contribution is -2.31. The second kappa shape index (κ2) is 7.42. The zero-order chi connectivity index (χ0) is 15.4. The predicted molar refractivity (Wildman–Crippen MR) is 91.8 cm³/mol. The second-order valence-corrected chi connectivity index (χ2v) is 7.19. The van der Waals surface area contributed by atoms with Crippen molar-refractivity contribution >= 4 is 0 Å². The van der Waals surface area contributed by atoms with Gasteiger partial charge in [-0.25, -0.2) is 0 Å². The fraction of sp³-hybridized carbons (Fsp3) is 0.684. The number of hydrogen-bond acceptors (Lipinski definition) is 2. The summed E-state index contributed by atoms with van der Waals surface area (Å²) in [5.74, 6) is 1.42. The largest absolute Gasteiger partial charge is 0.310 e. The third-order valence-corrected chi connectivity index (χ3v) is 4.86. The van der Waals surface area contributed by atoms with Gasteiger partial charge < -0.3 is 10.2 Å². The molecule has 118 valence electrons. The molecular formula is C19H32N2.